The number of alkyl halides is 1. The Morgan fingerprint density at radius 3 is 2.95 bits per heavy atom. The van der Waals surface area contributed by atoms with Gasteiger partial charge >= 0.3 is 0 Å². The monoisotopic (exact) mass is 321 g/mol. The van der Waals surface area contributed by atoms with Gasteiger partial charge in [0.15, 0.2) is 0 Å². The van der Waals surface area contributed by atoms with Crippen LogP contribution in [0.5, 0.6) is 0 Å². The summed E-state index contributed by atoms with van der Waals surface area (Å²) in [5, 5.41) is 0. The highest BCUT2D eigenvalue weighted by Gasteiger charge is 2.20. The Kier molecular flexibility index (Phi) is 3.44. The van der Waals surface area contributed by atoms with Gasteiger partial charge in [-0.25, -0.2) is 4.98 Å². The number of hydrogen-bond acceptors (Lipinski definition) is 4. The molecule has 0 aliphatic carbocycles. The zero-order valence-corrected chi connectivity index (χ0v) is 11.7. The van der Waals surface area contributed by atoms with Crippen LogP contribution in [0, 0.1) is 0 Å². The Morgan fingerprint density at radius 1 is 1.37 bits per heavy atom. The number of halogens is 1. The summed E-state index contributed by atoms with van der Waals surface area (Å²) in [6.07, 6.45) is 3.38. The van der Waals surface area contributed by atoms with Gasteiger partial charge < -0.3 is 4.74 Å². The van der Waals surface area contributed by atoms with Crippen molar-refractivity contribution in [2.75, 3.05) is 13.2 Å². The zero-order chi connectivity index (χ0) is 13.2. The molecule has 5 nitrogen and oxygen atoms in total. The first-order chi connectivity index (χ1) is 9.25. The number of nitrogens with zero attached hydrogens (tertiary/aromatic N) is 3. The Balaban J connectivity index is 2.15. The summed E-state index contributed by atoms with van der Waals surface area (Å²) in [5.74, 6) is 0.719. The molecule has 6 heteroatoms. The number of hydrogen-bond donors (Lipinski definition) is 0. The van der Waals surface area contributed by atoms with Gasteiger partial charge in [-0.2, -0.15) is 0 Å². The van der Waals surface area contributed by atoms with Crippen molar-refractivity contribution >= 4 is 15.9 Å². The van der Waals surface area contributed by atoms with E-state index in [9.17, 15) is 4.79 Å². The third-order valence-electron chi connectivity index (χ3n) is 3.02. The number of rotatable bonds is 1. The summed E-state index contributed by atoms with van der Waals surface area (Å²) in [6.45, 7) is 1.59. The Hall–Kier alpha value is -1.53. The number of fused-ring (bicyclic) bond motifs is 1. The molecule has 2 aromatic rings. The largest absolute Gasteiger partial charge is 0.378 e. The molecule has 0 aromatic carbocycles. The minimum Gasteiger partial charge on any atom is -0.378 e. The molecule has 1 aliphatic heterocycles. The van der Waals surface area contributed by atoms with Crippen LogP contribution in [0.4, 0.5) is 0 Å². The van der Waals surface area contributed by atoms with Crippen LogP contribution < -0.4 is 5.56 Å². The third kappa shape index (κ3) is 2.46. The van der Waals surface area contributed by atoms with Gasteiger partial charge in [-0.15, -0.1) is 0 Å². The quantitative estimate of drug-likeness (QED) is 0.751. The lowest BCUT2D eigenvalue weighted by Crippen LogP contribution is -2.25. The van der Waals surface area contributed by atoms with Gasteiger partial charge in [0, 0.05) is 24.0 Å². The van der Waals surface area contributed by atoms with Crippen molar-refractivity contribution in [1.29, 1.82) is 0 Å². The predicted octanol–water partition coefficient (Wildman–Crippen LogP) is 1.77. The van der Waals surface area contributed by atoms with Crippen molar-refractivity contribution in [2.24, 2.45) is 0 Å². The Morgan fingerprint density at radius 2 is 2.16 bits per heavy atom. The van der Waals surface area contributed by atoms with E-state index >= 15 is 0 Å². The third-order valence-corrected chi connectivity index (χ3v) is 3.69. The van der Waals surface area contributed by atoms with Gasteiger partial charge in [-0.3, -0.25) is 14.3 Å². The summed E-state index contributed by atoms with van der Waals surface area (Å²) in [4.78, 5) is 20.7. The fourth-order valence-electron chi connectivity index (χ4n) is 2.08. The zero-order valence-electron chi connectivity index (χ0n) is 10.1. The van der Waals surface area contributed by atoms with Gasteiger partial charge in [-0.05, 0) is 12.1 Å². The van der Waals surface area contributed by atoms with Crippen molar-refractivity contribution in [1.82, 2.24) is 14.5 Å². The molecule has 0 N–H and O–H groups in total. The fourth-order valence-corrected chi connectivity index (χ4v) is 2.61. The molecule has 0 fully saturated rings. The molecule has 3 heterocycles. The molecular weight excluding hydrogens is 310 g/mol. The molecule has 0 amide bonds. The highest BCUT2D eigenvalue weighted by atomic mass is 79.9. The number of aromatic nitrogens is 3. The SMILES string of the molecule is O=c1cc(-c2ccncc2)nc2n1CCOCC2Br. The molecule has 3 rings (SSSR count). The highest BCUT2D eigenvalue weighted by Crippen LogP contribution is 2.24. The minimum atomic E-state index is -0.0653. The van der Waals surface area contributed by atoms with Crippen molar-refractivity contribution in [3.05, 3.63) is 46.8 Å². The lowest BCUT2D eigenvalue weighted by atomic mass is 10.2. The van der Waals surface area contributed by atoms with Gasteiger partial charge in [0.2, 0.25) is 0 Å². The minimum absolute atomic E-state index is 0.0493. The lowest BCUT2D eigenvalue weighted by molar-refractivity contribution is 0.139. The molecule has 1 unspecified atom stereocenters. The van der Waals surface area contributed by atoms with Crippen LogP contribution in [0.25, 0.3) is 11.3 Å². The van der Waals surface area contributed by atoms with E-state index in [1.807, 2.05) is 12.1 Å². The van der Waals surface area contributed by atoms with Crippen LogP contribution in [-0.4, -0.2) is 27.7 Å². The molecule has 0 radical (unpaired) electrons. The van der Waals surface area contributed by atoms with Crippen LogP contribution in [0.15, 0.2) is 35.4 Å². The Bertz CT molecular complexity index is 642. The molecule has 0 spiro atoms. The maximum absolute atomic E-state index is 12.2. The first kappa shape index (κ1) is 12.5. The van der Waals surface area contributed by atoms with Crippen LogP contribution in [0.3, 0.4) is 0 Å². The first-order valence-electron chi connectivity index (χ1n) is 6.00. The molecule has 1 aliphatic rings. The van der Waals surface area contributed by atoms with Crippen LogP contribution >= 0.6 is 15.9 Å². The smallest absolute Gasteiger partial charge is 0.254 e. The second-order valence-corrected chi connectivity index (χ2v) is 5.37. The predicted molar refractivity (Wildman–Crippen MR) is 74.2 cm³/mol. The summed E-state index contributed by atoms with van der Waals surface area (Å²) in [6, 6.07) is 5.24. The topological polar surface area (TPSA) is 57.0 Å². The van der Waals surface area contributed by atoms with Crippen molar-refractivity contribution < 1.29 is 4.74 Å². The van der Waals surface area contributed by atoms with E-state index < -0.39 is 0 Å². The van der Waals surface area contributed by atoms with Gasteiger partial charge in [0.05, 0.1) is 30.3 Å². The van der Waals surface area contributed by atoms with Crippen molar-refractivity contribution in [3.8, 4) is 11.3 Å². The maximum Gasteiger partial charge on any atom is 0.254 e. The second kappa shape index (κ2) is 5.22. The summed E-state index contributed by atoms with van der Waals surface area (Å²) in [7, 11) is 0. The van der Waals surface area contributed by atoms with E-state index in [0.29, 0.717) is 25.5 Å². The van der Waals surface area contributed by atoms with Crippen LogP contribution in [0.2, 0.25) is 0 Å². The molecule has 0 saturated carbocycles. The molecule has 0 saturated heterocycles. The summed E-state index contributed by atoms with van der Waals surface area (Å²) >= 11 is 3.52. The lowest BCUT2D eigenvalue weighted by Gasteiger charge is -2.12. The van der Waals surface area contributed by atoms with E-state index in [1.54, 1.807) is 23.0 Å². The fraction of sp³-hybridized carbons (Fsp3) is 0.308. The normalized spacial score (nSPS) is 18.7. The van der Waals surface area contributed by atoms with E-state index in [1.165, 1.54) is 0 Å². The Labute approximate surface area is 118 Å². The molecular formula is C13H12BrN3O2. The highest BCUT2D eigenvalue weighted by molar-refractivity contribution is 9.09. The van der Waals surface area contributed by atoms with Gasteiger partial charge in [0.1, 0.15) is 5.82 Å². The molecule has 0 bridgehead atoms. The van der Waals surface area contributed by atoms with Gasteiger partial charge in [0.25, 0.3) is 5.56 Å². The van der Waals surface area contributed by atoms with Gasteiger partial charge in [-0.1, -0.05) is 15.9 Å². The standard InChI is InChI=1S/C13H12BrN3O2/c14-10-8-19-6-5-17-12(18)7-11(16-13(10)17)9-1-3-15-4-2-9/h1-4,7,10H,5-6,8H2. The van der Waals surface area contributed by atoms with E-state index in [4.69, 9.17) is 4.74 Å². The maximum atomic E-state index is 12.2. The van der Waals surface area contributed by atoms with E-state index in [-0.39, 0.29) is 10.4 Å². The second-order valence-electron chi connectivity index (χ2n) is 4.27. The molecule has 98 valence electrons. The van der Waals surface area contributed by atoms with E-state index in [2.05, 4.69) is 25.9 Å². The molecule has 1 atom stereocenters. The average molecular weight is 322 g/mol. The number of pyridine rings is 1. The van der Waals surface area contributed by atoms with Crippen molar-refractivity contribution in [3.63, 3.8) is 0 Å². The number of ether oxygens (including phenoxy) is 1. The molecule has 19 heavy (non-hydrogen) atoms. The summed E-state index contributed by atoms with van der Waals surface area (Å²) in [5.41, 5.74) is 1.51. The average Bonchev–Trinajstić information content (AvgIpc) is 2.63. The van der Waals surface area contributed by atoms with Crippen LogP contribution in [0.1, 0.15) is 10.7 Å². The van der Waals surface area contributed by atoms with Crippen molar-refractivity contribution in [2.45, 2.75) is 11.4 Å². The van der Waals surface area contributed by atoms with Crippen LogP contribution in [-0.2, 0) is 11.3 Å². The molecule has 2 aromatic heterocycles. The summed E-state index contributed by atoms with van der Waals surface area (Å²) < 4.78 is 7.10. The first-order valence-corrected chi connectivity index (χ1v) is 6.91. The van der Waals surface area contributed by atoms with E-state index in [0.717, 1.165) is 11.4 Å².